The smallest absolute Gasteiger partial charge is 0.161 e. The number of fused-ring (bicyclic) bond motifs is 1. The van der Waals surface area contributed by atoms with E-state index in [2.05, 4.69) is 21.2 Å². The molecule has 1 saturated heterocycles. The standard InChI is InChI=1S/C12H13N5O/c13-5-9-7-17(1-2-18-9)12-4-11-8(3-10(12)14)6-15-16-11/h3-4,6,9H,1-2,7,14H2,(H,15,16). The number of hydrogen-bond acceptors (Lipinski definition) is 5. The van der Waals surface area contributed by atoms with Crippen LogP contribution in [0.5, 0.6) is 0 Å². The number of H-pyrrole nitrogens is 1. The van der Waals surface area contributed by atoms with Crippen LogP contribution in [0.3, 0.4) is 0 Å². The first-order valence-electron chi connectivity index (χ1n) is 5.76. The van der Waals surface area contributed by atoms with Crippen molar-refractivity contribution >= 4 is 22.3 Å². The van der Waals surface area contributed by atoms with Gasteiger partial charge in [-0.15, -0.1) is 0 Å². The molecule has 3 rings (SSSR count). The summed E-state index contributed by atoms with van der Waals surface area (Å²) < 4.78 is 5.33. The molecule has 1 fully saturated rings. The minimum atomic E-state index is -0.393. The molecule has 1 aromatic carbocycles. The summed E-state index contributed by atoms with van der Waals surface area (Å²) >= 11 is 0. The number of ether oxygens (including phenoxy) is 1. The third kappa shape index (κ3) is 1.75. The highest BCUT2D eigenvalue weighted by Gasteiger charge is 2.22. The molecule has 18 heavy (non-hydrogen) atoms. The van der Waals surface area contributed by atoms with Crippen molar-refractivity contribution in [3.63, 3.8) is 0 Å². The summed E-state index contributed by atoms with van der Waals surface area (Å²) in [5.74, 6) is 0. The molecule has 0 radical (unpaired) electrons. The van der Waals surface area contributed by atoms with Crippen LogP contribution >= 0.6 is 0 Å². The second kappa shape index (κ2) is 4.20. The fraction of sp³-hybridized carbons (Fsp3) is 0.333. The van der Waals surface area contributed by atoms with Gasteiger partial charge >= 0.3 is 0 Å². The van der Waals surface area contributed by atoms with E-state index in [9.17, 15) is 0 Å². The molecule has 1 aliphatic heterocycles. The van der Waals surface area contributed by atoms with Crippen molar-refractivity contribution in [3.05, 3.63) is 18.3 Å². The van der Waals surface area contributed by atoms with Crippen molar-refractivity contribution in [3.8, 4) is 6.07 Å². The first-order chi connectivity index (χ1) is 8.78. The van der Waals surface area contributed by atoms with Crippen LogP contribution in [0.2, 0.25) is 0 Å². The van der Waals surface area contributed by atoms with Crippen LogP contribution in [-0.2, 0) is 4.74 Å². The minimum absolute atomic E-state index is 0.393. The number of nitrogens with zero attached hydrogens (tertiary/aromatic N) is 3. The van der Waals surface area contributed by atoms with Crippen molar-refractivity contribution in [1.29, 1.82) is 5.26 Å². The number of nitrogens with two attached hydrogens (primary N) is 1. The molecule has 0 saturated carbocycles. The van der Waals surface area contributed by atoms with Crippen LogP contribution in [0.25, 0.3) is 10.9 Å². The third-order valence-electron chi connectivity index (χ3n) is 3.14. The van der Waals surface area contributed by atoms with E-state index in [1.807, 2.05) is 12.1 Å². The molecule has 0 bridgehead atoms. The van der Waals surface area contributed by atoms with Crippen molar-refractivity contribution in [1.82, 2.24) is 10.2 Å². The topological polar surface area (TPSA) is 91.0 Å². The van der Waals surface area contributed by atoms with Crippen LogP contribution < -0.4 is 10.6 Å². The van der Waals surface area contributed by atoms with Crippen LogP contribution in [-0.4, -0.2) is 36.0 Å². The predicted molar refractivity (Wildman–Crippen MR) is 68.1 cm³/mol. The summed E-state index contributed by atoms with van der Waals surface area (Å²) in [5, 5.41) is 16.8. The lowest BCUT2D eigenvalue weighted by molar-refractivity contribution is 0.0765. The van der Waals surface area contributed by atoms with Gasteiger partial charge in [-0.3, -0.25) is 5.10 Å². The first-order valence-corrected chi connectivity index (χ1v) is 5.76. The van der Waals surface area contributed by atoms with E-state index in [-0.39, 0.29) is 0 Å². The second-order valence-electron chi connectivity index (χ2n) is 4.30. The van der Waals surface area contributed by atoms with E-state index in [1.165, 1.54) is 0 Å². The molecule has 1 aromatic heterocycles. The van der Waals surface area contributed by atoms with E-state index in [1.54, 1.807) is 6.20 Å². The molecule has 92 valence electrons. The molecule has 0 spiro atoms. The Bertz CT molecular complexity index is 614. The quantitative estimate of drug-likeness (QED) is 0.725. The molecule has 2 heterocycles. The van der Waals surface area contributed by atoms with E-state index in [4.69, 9.17) is 15.7 Å². The Morgan fingerprint density at radius 2 is 2.44 bits per heavy atom. The molecule has 3 N–H and O–H groups in total. The molecule has 1 atom stereocenters. The third-order valence-corrected chi connectivity index (χ3v) is 3.14. The summed E-state index contributed by atoms with van der Waals surface area (Å²) in [5.41, 5.74) is 8.62. The van der Waals surface area contributed by atoms with Crippen molar-refractivity contribution in [2.45, 2.75) is 6.10 Å². The molecule has 0 amide bonds. The number of benzene rings is 1. The Balaban J connectivity index is 1.97. The Hall–Kier alpha value is -2.26. The number of morpholine rings is 1. The SMILES string of the molecule is N#CC1CN(c2cc3[nH]ncc3cc2N)CCO1. The van der Waals surface area contributed by atoms with Gasteiger partial charge in [-0.05, 0) is 12.1 Å². The number of hydrogen-bond donors (Lipinski definition) is 2. The lowest BCUT2D eigenvalue weighted by Crippen LogP contribution is -2.42. The van der Waals surface area contributed by atoms with E-state index in [0.29, 0.717) is 18.8 Å². The molecule has 1 unspecified atom stereocenters. The minimum Gasteiger partial charge on any atom is -0.397 e. The van der Waals surface area contributed by atoms with Crippen LogP contribution in [0.15, 0.2) is 18.3 Å². The summed E-state index contributed by atoms with van der Waals surface area (Å²) in [6, 6.07) is 5.99. The summed E-state index contributed by atoms with van der Waals surface area (Å²) in [4.78, 5) is 2.08. The van der Waals surface area contributed by atoms with Gasteiger partial charge in [0.15, 0.2) is 6.10 Å². The number of aromatic amines is 1. The van der Waals surface area contributed by atoms with Gasteiger partial charge in [-0.2, -0.15) is 10.4 Å². The Kier molecular flexibility index (Phi) is 2.54. The van der Waals surface area contributed by atoms with Crippen molar-refractivity contribution < 1.29 is 4.74 Å². The van der Waals surface area contributed by atoms with E-state index in [0.717, 1.165) is 23.1 Å². The van der Waals surface area contributed by atoms with Gasteiger partial charge in [0.05, 0.1) is 42.3 Å². The monoisotopic (exact) mass is 243 g/mol. The van der Waals surface area contributed by atoms with Crippen LogP contribution in [0.1, 0.15) is 0 Å². The lowest BCUT2D eigenvalue weighted by Gasteiger charge is -2.32. The number of nitrogens with one attached hydrogen (secondary N) is 1. The molecule has 6 heteroatoms. The van der Waals surface area contributed by atoms with Gasteiger partial charge in [0, 0.05) is 11.9 Å². The zero-order valence-electron chi connectivity index (χ0n) is 9.76. The highest BCUT2D eigenvalue weighted by molar-refractivity contribution is 5.88. The van der Waals surface area contributed by atoms with Crippen LogP contribution in [0, 0.1) is 11.3 Å². The van der Waals surface area contributed by atoms with E-state index < -0.39 is 6.10 Å². The molecule has 0 aliphatic carbocycles. The fourth-order valence-electron chi connectivity index (χ4n) is 2.22. The maximum atomic E-state index is 8.91. The van der Waals surface area contributed by atoms with Gasteiger partial charge in [-0.25, -0.2) is 0 Å². The van der Waals surface area contributed by atoms with Gasteiger partial charge in [0.2, 0.25) is 0 Å². The number of anilines is 2. The van der Waals surface area contributed by atoms with Crippen molar-refractivity contribution in [2.24, 2.45) is 0 Å². The second-order valence-corrected chi connectivity index (χ2v) is 4.30. The first kappa shape index (κ1) is 10.9. The summed E-state index contributed by atoms with van der Waals surface area (Å²) in [7, 11) is 0. The van der Waals surface area contributed by atoms with Gasteiger partial charge < -0.3 is 15.4 Å². The Morgan fingerprint density at radius 3 is 3.28 bits per heavy atom. The number of nitrogen functional groups attached to an aromatic ring is 1. The highest BCUT2D eigenvalue weighted by atomic mass is 16.5. The average Bonchev–Trinajstić information content (AvgIpc) is 2.85. The summed E-state index contributed by atoms with van der Waals surface area (Å²) in [6.07, 6.45) is 1.35. The number of rotatable bonds is 1. The maximum Gasteiger partial charge on any atom is 0.161 e. The average molecular weight is 243 g/mol. The summed E-state index contributed by atoms with van der Waals surface area (Å²) in [6.45, 7) is 1.82. The molecular weight excluding hydrogens is 230 g/mol. The predicted octanol–water partition coefficient (Wildman–Crippen LogP) is 0.874. The molecular formula is C12H13N5O. The lowest BCUT2D eigenvalue weighted by atomic mass is 10.1. The highest BCUT2D eigenvalue weighted by Crippen LogP contribution is 2.29. The van der Waals surface area contributed by atoms with E-state index >= 15 is 0 Å². The number of aromatic nitrogens is 2. The normalized spacial score (nSPS) is 19.9. The molecule has 6 nitrogen and oxygen atoms in total. The maximum absolute atomic E-state index is 8.91. The van der Waals surface area contributed by atoms with Crippen LogP contribution in [0.4, 0.5) is 11.4 Å². The Labute approximate surface area is 104 Å². The molecule has 2 aromatic rings. The zero-order valence-corrected chi connectivity index (χ0v) is 9.76. The van der Waals surface area contributed by atoms with Crippen molar-refractivity contribution in [2.75, 3.05) is 30.3 Å². The van der Waals surface area contributed by atoms with Gasteiger partial charge in [0.25, 0.3) is 0 Å². The fourth-order valence-corrected chi connectivity index (χ4v) is 2.22. The van der Waals surface area contributed by atoms with Gasteiger partial charge in [0.1, 0.15) is 0 Å². The number of nitriles is 1. The molecule has 1 aliphatic rings. The van der Waals surface area contributed by atoms with Gasteiger partial charge in [-0.1, -0.05) is 0 Å². The Morgan fingerprint density at radius 1 is 1.56 bits per heavy atom. The zero-order chi connectivity index (χ0) is 12.5. The largest absolute Gasteiger partial charge is 0.397 e.